The van der Waals surface area contributed by atoms with E-state index in [1.165, 1.54) is 19.1 Å². The molecule has 1 fully saturated rings. The van der Waals surface area contributed by atoms with Gasteiger partial charge in [0.2, 0.25) is 0 Å². The van der Waals surface area contributed by atoms with Crippen molar-refractivity contribution in [1.29, 1.82) is 0 Å². The van der Waals surface area contributed by atoms with Gasteiger partial charge in [-0.05, 0) is 26.0 Å². The van der Waals surface area contributed by atoms with Gasteiger partial charge in [-0.25, -0.2) is 0 Å². The van der Waals surface area contributed by atoms with Crippen LogP contribution < -0.4 is 0 Å². The second kappa shape index (κ2) is 11.5. The lowest BCUT2D eigenvalue weighted by Gasteiger charge is -2.43. The van der Waals surface area contributed by atoms with Crippen LogP contribution in [0.3, 0.4) is 0 Å². The summed E-state index contributed by atoms with van der Waals surface area (Å²) in [6.45, 7) is 6.22. The van der Waals surface area contributed by atoms with Gasteiger partial charge in [-0.2, -0.15) is 8.42 Å². The second-order valence-corrected chi connectivity index (χ2v) is 9.01. The number of hydrogen-bond donors (Lipinski definition) is 0. The summed E-state index contributed by atoms with van der Waals surface area (Å²) in [6, 6.07) is 6.13. The summed E-state index contributed by atoms with van der Waals surface area (Å²) in [5.41, 5.74) is 0.895. The average Bonchev–Trinajstić information content (AvgIpc) is 2.70. The normalized spacial score (nSPS) is 25.2. The molecule has 1 aromatic rings. The second-order valence-electron chi connectivity index (χ2n) is 7.39. The number of hydrogen-bond acceptors (Lipinski definition) is 11. The van der Waals surface area contributed by atoms with Crippen LogP contribution in [0.1, 0.15) is 33.3 Å². The fraction of sp³-hybridized carbons (Fsp3) is 0.571. The predicted molar refractivity (Wildman–Crippen MR) is 111 cm³/mol. The third-order valence-electron chi connectivity index (χ3n) is 4.55. The summed E-state index contributed by atoms with van der Waals surface area (Å²) in [6.07, 6.45) is -5.59. The van der Waals surface area contributed by atoms with Crippen molar-refractivity contribution in [2.24, 2.45) is 0 Å². The highest BCUT2D eigenvalue weighted by atomic mass is 32.2. The number of esters is 3. The van der Waals surface area contributed by atoms with E-state index in [1.54, 1.807) is 19.1 Å². The number of aryl methyl sites for hydroxylation is 1. The van der Waals surface area contributed by atoms with Gasteiger partial charge in [0, 0.05) is 20.8 Å². The Morgan fingerprint density at radius 2 is 1.36 bits per heavy atom. The van der Waals surface area contributed by atoms with Crippen LogP contribution >= 0.6 is 0 Å². The van der Waals surface area contributed by atoms with Crippen molar-refractivity contribution in [3.63, 3.8) is 0 Å². The molecule has 0 aromatic heterocycles. The van der Waals surface area contributed by atoms with Crippen LogP contribution in [-0.2, 0) is 52.4 Å². The highest BCUT2D eigenvalue weighted by Crippen LogP contribution is 2.29. The van der Waals surface area contributed by atoms with Gasteiger partial charge in [0.15, 0.2) is 24.6 Å². The number of benzene rings is 1. The van der Waals surface area contributed by atoms with E-state index in [-0.39, 0.29) is 18.1 Å². The third kappa shape index (κ3) is 7.77. The Kier molecular flexibility index (Phi) is 9.35. The van der Waals surface area contributed by atoms with Crippen molar-refractivity contribution in [2.45, 2.75) is 70.2 Å². The topological polar surface area (TPSA) is 141 Å². The van der Waals surface area contributed by atoms with Crippen molar-refractivity contribution in [1.82, 2.24) is 0 Å². The van der Waals surface area contributed by atoms with Gasteiger partial charge in [0.25, 0.3) is 10.1 Å². The molecule has 0 amide bonds. The van der Waals surface area contributed by atoms with Gasteiger partial charge < -0.3 is 23.7 Å². The average molecular weight is 489 g/mol. The Morgan fingerprint density at radius 1 is 0.848 bits per heavy atom. The summed E-state index contributed by atoms with van der Waals surface area (Å²) in [5, 5.41) is 0. The third-order valence-corrected chi connectivity index (χ3v) is 5.87. The smallest absolute Gasteiger partial charge is 0.303 e. The minimum atomic E-state index is -4.01. The summed E-state index contributed by atoms with van der Waals surface area (Å²) in [5.74, 6) is -2.07. The maximum atomic E-state index is 12.3. The molecule has 0 radical (unpaired) electrons. The minimum absolute atomic E-state index is 0.00688. The number of ether oxygens (including phenoxy) is 5. The van der Waals surface area contributed by atoms with Crippen molar-refractivity contribution < 1.29 is 50.7 Å². The van der Waals surface area contributed by atoms with E-state index in [9.17, 15) is 22.8 Å². The highest BCUT2D eigenvalue weighted by molar-refractivity contribution is 7.86. The molecule has 1 unspecified atom stereocenters. The zero-order valence-corrected chi connectivity index (χ0v) is 19.8. The molecule has 0 spiro atoms. The van der Waals surface area contributed by atoms with Gasteiger partial charge in [-0.15, -0.1) is 0 Å². The van der Waals surface area contributed by atoms with Gasteiger partial charge in [0.1, 0.15) is 0 Å². The summed E-state index contributed by atoms with van der Waals surface area (Å²) in [4.78, 5) is 34.8. The van der Waals surface area contributed by atoms with Gasteiger partial charge in [-0.1, -0.05) is 17.7 Å². The lowest BCUT2D eigenvalue weighted by Crippen LogP contribution is -2.61. The van der Waals surface area contributed by atoms with Crippen LogP contribution in [0.2, 0.25) is 0 Å². The van der Waals surface area contributed by atoms with E-state index in [0.29, 0.717) is 0 Å². The first kappa shape index (κ1) is 26.7. The van der Waals surface area contributed by atoms with Gasteiger partial charge in [-0.3, -0.25) is 18.6 Å². The van der Waals surface area contributed by atoms with Crippen molar-refractivity contribution >= 4 is 28.0 Å². The molecule has 11 nitrogen and oxygen atoms in total. The summed E-state index contributed by atoms with van der Waals surface area (Å²) >= 11 is 0. The van der Waals surface area contributed by atoms with Crippen molar-refractivity contribution in [3.8, 4) is 0 Å². The number of carbonyl (C=O) groups excluding carboxylic acids is 3. The van der Waals surface area contributed by atoms with Crippen molar-refractivity contribution in [2.75, 3.05) is 13.2 Å². The zero-order chi connectivity index (χ0) is 24.8. The molecule has 33 heavy (non-hydrogen) atoms. The van der Waals surface area contributed by atoms with Crippen LogP contribution in [0.25, 0.3) is 0 Å². The molecule has 184 valence electrons. The van der Waals surface area contributed by atoms with Crippen LogP contribution in [-0.4, -0.2) is 70.2 Å². The van der Waals surface area contributed by atoms with E-state index < -0.39 is 58.7 Å². The number of carbonyl (C=O) groups is 3. The molecule has 0 N–H and O–H groups in total. The van der Waals surface area contributed by atoms with E-state index in [0.717, 1.165) is 19.4 Å². The minimum Gasteiger partial charge on any atom is -0.456 e. The maximum absolute atomic E-state index is 12.3. The van der Waals surface area contributed by atoms with E-state index in [1.807, 2.05) is 6.92 Å². The molecule has 5 atom stereocenters. The monoisotopic (exact) mass is 488 g/mol. The Bertz CT molecular complexity index is 941. The Morgan fingerprint density at radius 3 is 1.91 bits per heavy atom. The first-order valence-corrected chi connectivity index (χ1v) is 11.6. The van der Waals surface area contributed by atoms with Crippen LogP contribution in [0.5, 0.6) is 0 Å². The lowest BCUT2D eigenvalue weighted by atomic mass is 9.99. The fourth-order valence-electron chi connectivity index (χ4n) is 3.18. The molecule has 12 heteroatoms. The van der Waals surface area contributed by atoms with E-state index in [2.05, 4.69) is 0 Å². The quantitative estimate of drug-likeness (QED) is 0.215. The summed E-state index contributed by atoms with van der Waals surface area (Å²) < 4.78 is 56.5. The molecule has 1 heterocycles. The maximum Gasteiger partial charge on any atom is 0.303 e. The lowest BCUT2D eigenvalue weighted by molar-refractivity contribution is -0.301. The molecule has 1 saturated heterocycles. The Balaban J connectivity index is 2.09. The largest absolute Gasteiger partial charge is 0.456 e. The van der Waals surface area contributed by atoms with Crippen LogP contribution in [0.4, 0.5) is 0 Å². The molecule has 1 aromatic carbocycles. The molecular formula is C21H28O11S. The first-order valence-electron chi connectivity index (χ1n) is 10.2. The molecule has 0 saturated carbocycles. The molecule has 0 bridgehead atoms. The molecular weight excluding hydrogens is 460 g/mol. The zero-order valence-electron chi connectivity index (χ0n) is 19.0. The highest BCUT2D eigenvalue weighted by Gasteiger charge is 2.50. The summed E-state index contributed by atoms with van der Waals surface area (Å²) in [7, 11) is -4.01. The predicted octanol–water partition coefficient (Wildman–Crippen LogP) is 1.26. The molecule has 2 rings (SSSR count). The van der Waals surface area contributed by atoms with Gasteiger partial charge >= 0.3 is 17.9 Å². The SMILES string of the molecule is CC(=O)O[C@@H]1[C@H](OC(C)=O)[C@H](C)OC(OCCOS(=O)(=O)c2ccc(C)cc2)[C@H]1OC(C)=O. The Hall–Kier alpha value is -2.54. The fourth-order valence-corrected chi connectivity index (χ4v) is 4.08. The number of rotatable bonds is 9. The molecule has 1 aliphatic heterocycles. The van der Waals surface area contributed by atoms with Crippen LogP contribution in [0.15, 0.2) is 29.2 Å². The van der Waals surface area contributed by atoms with Gasteiger partial charge in [0.05, 0.1) is 24.2 Å². The van der Waals surface area contributed by atoms with E-state index >= 15 is 0 Å². The van der Waals surface area contributed by atoms with E-state index in [4.69, 9.17) is 27.9 Å². The molecule has 1 aliphatic rings. The first-order chi connectivity index (χ1) is 15.4. The standard InChI is InChI=1S/C21H28O11S/c1-12-6-8-17(9-7-12)33(25,26)28-11-10-27-21-20(32-16(5)24)19(31-15(4)23)18(13(2)29-21)30-14(3)22/h6-9,13,18-21H,10-11H2,1-5H3/t13-,18+,19+,20-,21?/m0/s1. The molecule has 0 aliphatic carbocycles. The van der Waals surface area contributed by atoms with Crippen LogP contribution in [0, 0.1) is 6.92 Å². The van der Waals surface area contributed by atoms with Crippen molar-refractivity contribution in [3.05, 3.63) is 29.8 Å². The Labute approximate surface area is 192 Å².